The van der Waals surface area contributed by atoms with Crippen LogP contribution in [-0.4, -0.2) is 5.11 Å². The molecule has 2 rings (SSSR count). The fourth-order valence-electron chi connectivity index (χ4n) is 2.61. The molecular formula is C16H20N2O4. The minimum absolute atomic E-state index is 0.0224. The van der Waals surface area contributed by atoms with Gasteiger partial charge in [-0.25, -0.2) is 0 Å². The third-order valence-electron chi connectivity index (χ3n) is 3.75. The topological polar surface area (TPSA) is 109 Å². The molecule has 0 aliphatic carbocycles. The van der Waals surface area contributed by atoms with Crippen molar-refractivity contribution in [1.82, 2.24) is 0 Å². The van der Waals surface area contributed by atoms with Gasteiger partial charge in [0.15, 0.2) is 5.76 Å². The standard InChI is InChI=1S/C16H20N2O4/c1-2-3-4-5-6-11-12(8-17)16(18)22-15-13(20)7-10(9-19)21-14(11)15/h7,11,19H,2-6,9,18H2,1H3. The maximum absolute atomic E-state index is 12.0. The molecule has 2 heterocycles. The van der Waals surface area contributed by atoms with Crippen LogP contribution in [0.3, 0.4) is 0 Å². The van der Waals surface area contributed by atoms with Gasteiger partial charge in [-0.05, 0) is 6.42 Å². The predicted octanol–water partition coefficient (Wildman–Crippen LogP) is 2.27. The SMILES string of the molecule is CCCCCCC1C(C#N)=C(N)Oc2c1oc(CO)cc2=O. The van der Waals surface area contributed by atoms with Crippen LogP contribution in [0, 0.1) is 11.3 Å². The van der Waals surface area contributed by atoms with Crippen LogP contribution in [0.5, 0.6) is 5.75 Å². The molecule has 6 nitrogen and oxygen atoms in total. The van der Waals surface area contributed by atoms with Gasteiger partial charge in [0.25, 0.3) is 0 Å². The van der Waals surface area contributed by atoms with Crippen molar-refractivity contribution in [1.29, 1.82) is 5.26 Å². The summed E-state index contributed by atoms with van der Waals surface area (Å²) in [6.07, 6.45) is 4.79. The smallest absolute Gasteiger partial charge is 0.228 e. The van der Waals surface area contributed by atoms with Gasteiger partial charge < -0.3 is 20.0 Å². The zero-order valence-electron chi connectivity index (χ0n) is 12.6. The molecule has 3 N–H and O–H groups in total. The fraction of sp³-hybridized carbons (Fsp3) is 0.500. The summed E-state index contributed by atoms with van der Waals surface area (Å²) in [5.74, 6) is 0.0287. The van der Waals surface area contributed by atoms with Crippen molar-refractivity contribution in [2.75, 3.05) is 0 Å². The van der Waals surface area contributed by atoms with E-state index in [-0.39, 0.29) is 29.6 Å². The van der Waals surface area contributed by atoms with Crippen molar-refractivity contribution in [2.45, 2.75) is 51.6 Å². The number of fused-ring (bicyclic) bond motifs is 1. The maximum atomic E-state index is 12.0. The molecule has 0 amide bonds. The average molecular weight is 304 g/mol. The Morgan fingerprint density at radius 1 is 1.41 bits per heavy atom. The van der Waals surface area contributed by atoms with Crippen LogP contribution in [-0.2, 0) is 6.61 Å². The Morgan fingerprint density at radius 2 is 2.18 bits per heavy atom. The monoisotopic (exact) mass is 304 g/mol. The zero-order chi connectivity index (χ0) is 16.1. The molecule has 0 aromatic carbocycles. The lowest BCUT2D eigenvalue weighted by Gasteiger charge is -2.24. The maximum Gasteiger partial charge on any atom is 0.228 e. The van der Waals surface area contributed by atoms with E-state index in [9.17, 15) is 15.2 Å². The lowest BCUT2D eigenvalue weighted by molar-refractivity contribution is 0.228. The predicted molar refractivity (Wildman–Crippen MR) is 79.9 cm³/mol. The molecule has 1 unspecified atom stereocenters. The molecule has 1 aromatic heterocycles. The highest BCUT2D eigenvalue weighted by molar-refractivity contribution is 5.45. The first-order valence-electron chi connectivity index (χ1n) is 7.47. The van der Waals surface area contributed by atoms with Crippen molar-refractivity contribution in [2.24, 2.45) is 5.73 Å². The number of rotatable bonds is 6. The second-order valence-electron chi connectivity index (χ2n) is 5.32. The van der Waals surface area contributed by atoms with E-state index in [2.05, 4.69) is 6.92 Å². The van der Waals surface area contributed by atoms with E-state index in [4.69, 9.17) is 14.9 Å². The van der Waals surface area contributed by atoms with Crippen LogP contribution < -0.4 is 15.9 Å². The summed E-state index contributed by atoms with van der Waals surface area (Å²) in [5, 5.41) is 18.5. The number of nitriles is 1. The zero-order valence-corrected chi connectivity index (χ0v) is 12.6. The van der Waals surface area contributed by atoms with E-state index >= 15 is 0 Å². The highest BCUT2D eigenvalue weighted by atomic mass is 16.5. The van der Waals surface area contributed by atoms with Crippen LogP contribution in [0.1, 0.15) is 56.5 Å². The van der Waals surface area contributed by atoms with E-state index in [1.165, 1.54) is 6.07 Å². The average Bonchev–Trinajstić information content (AvgIpc) is 2.51. The number of hydrogen-bond donors (Lipinski definition) is 2. The number of nitrogens with two attached hydrogens (primary N) is 1. The molecule has 0 saturated carbocycles. The van der Waals surface area contributed by atoms with E-state index in [0.717, 1.165) is 25.7 Å². The quantitative estimate of drug-likeness (QED) is 0.780. The second kappa shape index (κ2) is 7.14. The van der Waals surface area contributed by atoms with Gasteiger partial charge in [0, 0.05) is 6.07 Å². The largest absolute Gasteiger partial charge is 0.459 e. The summed E-state index contributed by atoms with van der Waals surface area (Å²) in [7, 11) is 0. The summed E-state index contributed by atoms with van der Waals surface area (Å²) in [4.78, 5) is 12.0. The molecule has 1 aromatic rings. The van der Waals surface area contributed by atoms with Crippen molar-refractivity contribution in [3.63, 3.8) is 0 Å². The third kappa shape index (κ3) is 3.15. The minimum Gasteiger partial charge on any atom is -0.459 e. The molecule has 22 heavy (non-hydrogen) atoms. The summed E-state index contributed by atoms with van der Waals surface area (Å²) >= 11 is 0. The molecule has 118 valence electrons. The molecule has 0 bridgehead atoms. The Hall–Kier alpha value is -2.26. The molecule has 1 aliphatic heterocycles. The second-order valence-corrected chi connectivity index (χ2v) is 5.32. The van der Waals surface area contributed by atoms with Crippen LogP contribution in [0.25, 0.3) is 0 Å². The van der Waals surface area contributed by atoms with Gasteiger partial charge in [-0.2, -0.15) is 5.26 Å². The van der Waals surface area contributed by atoms with Gasteiger partial charge in [-0.1, -0.05) is 32.6 Å². The van der Waals surface area contributed by atoms with E-state index in [0.29, 0.717) is 12.2 Å². The van der Waals surface area contributed by atoms with Crippen molar-refractivity contribution in [3.8, 4) is 11.8 Å². The number of ether oxygens (including phenoxy) is 1. The van der Waals surface area contributed by atoms with Gasteiger partial charge in [-0.3, -0.25) is 4.79 Å². The number of aliphatic hydroxyl groups excluding tert-OH is 1. The van der Waals surface area contributed by atoms with Gasteiger partial charge in [0.05, 0.1) is 5.92 Å². The third-order valence-corrected chi connectivity index (χ3v) is 3.75. The Kier molecular flexibility index (Phi) is 5.23. The highest BCUT2D eigenvalue weighted by Crippen LogP contribution is 2.39. The molecule has 1 aliphatic rings. The number of aliphatic hydroxyl groups is 1. The van der Waals surface area contributed by atoms with E-state index in [1.807, 2.05) is 6.07 Å². The first-order chi connectivity index (χ1) is 10.6. The number of nitrogens with zero attached hydrogens (tertiary/aromatic N) is 1. The lowest BCUT2D eigenvalue weighted by atomic mass is 9.89. The summed E-state index contributed by atoms with van der Waals surface area (Å²) < 4.78 is 10.8. The molecular weight excluding hydrogens is 284 g/mol. The molecule has 1 atom stereocenters. The van der Waals surface area contributed by atoms with Gasteiger partial charge in [0.2, 0.25) is 17.1 Å². The fourth-order valence-corrected chi connectivity index (χ4v) is 2.61. The number of hydrogen-bond acceptors (Lipinski definition) is 6. The molecule has 0 spiro atoms. The summed E-state index contributed by atoms with van der Waals surface area (Å²) in [6.45, 7) is 1.74. The van der Waals surface area contributed by atoms with Crippen LogP contribution >= 0.6 is 0 Å². The molecule has 0 radical (unpaired) electrons. The van der Waals surface area contributed by atoms with Crippen molar-refractivity contribution >= 4 is 0 Å². The number of allylic oxidation sites excluding steroid dienone is 1. The first-order valence-corrected chi connectivity index (χ1v) is 7.47. The molecule has 0 saturated heterocycles. The Labute approximate surface area is 128 Å². The van der Waals surface area contributed by atoms with Crippen LogP contribution in [0.15, 0.2) is 26.7 Å². The van der Waals surface area contributed by atoms with Gasteiger partial charge >= 0.3 is 0 Å². The van der Waals surface area contributed by atoms with E-state index < -0.39 is 11.3 Å². The summed E-state index contributed by atoms with van der Waals surface area (Å²) in [5.41, 5.74) is 5.65. The van der Waals surface area contributed by atoms with Gasteiger partial charge in [0.1, 0.15) is 24.0 Å². The van der Waals surface area contributed by atoms with Crippen molar-refractivity contribution in [3.05, 3.63) is 39.3 Å². The normalized spacial score (nSPS) is 16.9. The van der Waals surface area contributed by atoms with E-state index in [1.54, 1.807) is 0 Å². The summed E-state index contributed by atoms with van der Waals surface area (Å²) in [6, 6.07) is 3.23. The number of unbranched alkanes of at least 4 members (excludes halogenated alkanes) is 3. The minimum atomic E-state index is -0.399. The lowest BCUT2D eigenvalue weighted by Crippen LogP contribution is -2.25. The van der Waals surface area contributed by atoms with Crippen molar-refractivity contribution < 1.29 is 14.3 Å². The molecule has 6 heteroatoms. The van der Waals surface area contributed by atoms with Crippen LogP contribution in [0.2, 0.25) is 0 Å². The van der Waals surface area contributed by atoms with Crippen LogP contribution in [0.4, 0.5) is 0 Å². The van der Waals surface area contributed by atoms with Gasteiger partial charge in [-0.15, -0.1) is 0 Å². The highest BCUT2D eigenvalue weighted by Gasteiger charge is 2.33. The molecule has 0 fully saturated rings. The Morgan fingerprint density at radius 3 is 2.82 bits per heavy atom. The Bertz CT molecular complexity index is 670. The first kappa shape index (κ1) is 16.1. The Balaban J connectivity index is 2.39.